The minimum absolute atomic E-state index is 0.215. The van der Waals surface area contributed by atoms with Crippen LogP contribution in [0.1, 0.15) is 20.3 Å². The Kier molecular flexibility index (Phi) is 5.49. The molecule has 60 valence electrons. The topological polar surface area (TPSA) is 43.1 Å². The second kappa shape index (κ2) is 5.59. The number of rotatable bonds is 5. The molecule has 0 saturated carbocycles. The molecule has 0 radical (unpaired) electrons. The minimum atomic E-state index is -0.215. The molecular weight excluding hydrogens is 146 g/mol. The van der Waals surface area contributed by atoms with Gasteiger partial charge in [0.15, 0.2) is 0 Å². The second-order valence-electron chi connectivity index (χ2n) is 2.49. The maximum Gasteiger partial charge on any atom is 0.227 e. The highest BCUT2D eigenvalue weighted by Crippen LogP contribution is 2.09. The van der Waals surface area contributed by atoms with Gasteiger partial charge in [-0.25, -0.2) is 0 Å². The van der Waals surface area contributed by atoms with E-state index in [-0.39, 0.29) is 5.91 Å². The number of hydrogen-bond donors (Lipinski definition) is 1. The molecule has 1 atom stereocenters. The van der Waals surface area contributed by atoms with Crippen molar-refractivity contribution in [2.75, 3.05) is 11.5 Å². The summed E-state index contributed by atoms with van der Waals surface area (Å²) in [6.07, 6.45) is 1.17. The SMILES string of the molecule is CCC(C)CSCC(N)=O. The van der Waals surface area contributed by atoms with Crippen molar-refractivity contribution in [1.82, 2.24) is 0 Å². The molecule has 3 heteroatoms. The molecule has 0 heterocycles. The Labute approximate surface area is 66.6 Å². The number of nitrogens with two attached hydrogens (primary N) is 1. The van der Waals surface area contributed by atoms with Crippen LogP contribution >= 0.6 is 11.8 Å². The molecule has 0 aliphatic rings. The molecule has 2 N–H and O–H groups in total. The highest BCUT2D eigenvalue weighted by molar-refractivity contribution is 7.99. The zero-order valence-electron chi connectivity index (χ0n) is 6.59. The van der Waals surface area contributed by atoms with Crippen molar-refractivity contribution in [2.45, 2.75) is 20.3 Å². The van der Waals surface area contributed by atoms with Crippen LogP contribution in [0.5, 0.6) is 0 Å². The van der Waals surface area contributed by atoms with Crippen LogP contribution in [0, 0.1) is 5.92 Å². The van der Waals surface area contributed by atoms with Gasteiger partial charge >= 0.3 is 0 Å². The van der Waals surface area contributed by atoms with Crippen LogP contribution in [0.4, 0.5) is 0 Å². The molecule has 1 unspecified atom stereocenters. The van der Waals surface area contributed by atoms with E-state index in [0.717, 1.165) is 5.75 Å². The van der Waals surface area contributed by atoms with Crippen LogP contribution in [0.3, 0.4) is 0 Å². The van der Waals surface area contributed by atoms with E-state index >= 15 is 0 Å². The molecule has 0 aromatic carbocycles. The number of carbonyl (C=O) groups excluding carboxylic acids is 1. The lowest BCUT2D eigenvalue weighted by atomic mass is 10.2. The van der Waals surface area contributed by atoms with E-state index in [0.29, 0.717) is 11.7 Å². The first kappa shape index (κ1) is 9.82. The molecule has 0 fully saturated rings. The molecule has 10 heavy (non-hydrogen) atoms. The van der Waals surface area contributed by atoms with Crippen LogP contribution in [0.15, 0.2) is 0 Å². The molecular formula is C7H15NOS. The average molecular weight is 161 g/mol. The molecule has 0 rings (SSSR count). The third-order valence-electron chi connectivity index (χ3n) is 1.34. The zero-order valence-corrected chi connectivity index (χ0v) is 7.41. The normalized spacial score (nSPS) is 13.0. The lowest BCUT2D eigenvalue weighted by Gasteiger charge is -2.05. The Bertz CT molecular complexity index is 106. The first-order chi connectivity index (χ1) is 4.66. The van der Waals surface area contributed by atoms with Crippen LogP contribution in [-0.2, 0) is 4.79 Å². The van der Waals surface area contributed by atoms with Gasteiger partial charge in [-0.3, -0.25) is 4.79 Å². The Balaban J connectivity index is 3.11. The molecule has 0 aliphatic heterocycles. The summed E-state index contributed by atoms with van der Waals surface area (Å²) in [7, 11) is 0. The van der Waals surface area contributed by atoms with E-state index in [1.807, 2.05) is 0 Å². The summed E-state index contributed by atoms with van der Waals surface area (Å²) < 4.78 is 0. The van der Waals surface area contributed by atoms with Gasteiger partial charge in [-0.2, -0.15) is 11.8 Å². The number of primary amides is 1. The fraction of sp³-hybridized carbons (Fsp3) is 0.857. The maximum absolute atomic E-state index is 10.3. The first-order valence-electron chi connectivity index (χ1n) is 3.52. The van der Waals surface area contributed by atoms with Crippen molar-refractivity contribution in [3.05, 3.63) is 0 Å². The predicted octanol–water partition coefficient (Wildman–Crippen LogP) is 1.25. The summed E-state index contributed by atoms with van der Waals surface area (Å²) in [5, 5.41) is 0. The quantitative estimate of drug-likeness (QED) is 0.659. The van der Waals surface area contributed by atoms with Crippen molar-refractivity contribution in [1.29, 1.82) is 0 Å². The zero-order chi connectivity index (χ0) is 7.98. The van der Waals surface area contributed by atoms with Crippen molar-refractivity contribution >= 4 is 17.7 Å². The summed E-state index contributed by atoms with van der Waals surface area (Å²) in [6.45, 7) is 4.32. The van der Waals surface area contributed by atoms with Crippen molar-refractivity contribution < 1.29 is 4.79 Å². The van der Waals surface area contributed by atoms with Crippen LogP contribution in [0.25, 0.3) is 0 Å². The number of hydrogen-bond acceptors (Lipinski definition) is 2. The third-order valence-corrected chi connectivity index (χ3v) is 2.64. The summed E-state index contributed by atoms with van der Waals surface area (Å²) >= 11 is 1.62. The largest absolute Gasteiger partial charge is 0.369 e. The minimum Gasteiger partial charge on any atom is -0.369 e. The van der Waals surface area contributed by atoms with Gasteiger partial charge in [0.05, 0.1) is 5.75 Å². The molecule has 0 bridgehead atoms. The average Bonchev–Trinajstić information content (AvgIpc) is 1.87. The molecule has 1 amide bonds. The fourth-order valence-electron chi connectivity index (χ4n) is 0.479. The second-order valence-corrected chi connectivity index (χ2v) is 3.53. The van der Waals surface area contributed by atoms with Crippen LogP contribution in [0.2, 0.25) is 0 Å². The van der Waals surface area contributed by atoms with Crippen LogP contribution < -0.4 is 5.73 Å². The van der Waals surface area contributed by atoms with E-state index in [4.69, 9.17) is 5.73 Å². The van der Waals surface area contributed by atoms with E-state index in [9.17, 15) is 4.79 Å². The van der Waals surface area contributed by atoms with E-state index in [1.54, 1.807) is 11.8 Å². The molecule has 0 saturated heterocycles. The highest BCUT2D eigenvalue weighted by Gasteiger charge is 1.99. The van der Waals surface area contributed by atoms with Gasteiger partial charge in [-0.05, 0) is 11.7 Å². The van der Waals surface area contributed by atoms with Crippen molar-refractivity contribution in [3.8, 4) is 0 Å². The van der Waals surface area contributed by atoms with Gasteiger partial charge < -0.3 is 5.73 Å². The summed E-state index contributed by atoms with van der Waals surface area (Å²) in [5.74, 6) is 1.99. The summed E-state index contributed by atoms with van der Waals surface area (Å²) in [5.41, 5.74) is 4.96. The number of amides is 1. The van der Waals surface area contributed by atoms with Gasteiger partial charge in [0, 0.05) is 0 Å². The summed E-state index contributed by atoms with van der Waals surface area (Å²) in [4.78, 5) is 10.3. The molecule has 0 aromatic heterocycles. The Morgan fingerprint density at radius 2 is 2.30 bits per heavy atom. The fourth-order valence-corrected chi connectivity index (χ4v) is 1.44. The lowest BCUT2D eigenvalue weighted by Crippen LogP contribution is -2.14. The Morgan fingerprint density at radius 1 is 1.70 bits per heavy atom. The lowest BCUT2D eigenvalue weighted by molar-refractivity contribution is -0.115. The number of thioether (sulfide) groups is 1. The summed E-state index contributed by atoms with van der Waals surface area (Å²) in [6, 6.07) is 0. The van der Waals surface area contributed by atoms with Gasteiger partial charge in [-0.1, -0.05) is 20.3 Å². The van der Waals surface area contributed by atoms with Gasteiger partial charge in [0.1, 0.15) is 0 Å². The molecule has 0 spiro atoms. The first-order valence-corrected chi connectivity index (χ1v) is 4.68. The predicted molar refractivity (Wildman–Crippen MR) is 46.0 cm³/mol. The molecule has 0 aromatic rings. The maximum atomic E-state index is 10.3. The van der Waals surface area contributed by atoms with Gasteiger partial charge in [-0.15, -0.1) is 0 Å². The Hall–Kier alpha value is -0.180. The highest BCUT2D eigenvalue weighted by atomic mass is 32.2. The van der Waals surface area contributed by atoms with Gasteiger partial charge in [0.25, 0.3) is 0 Å². The smallest absolute Gasteiger partial charge is 0.227 e. The van der Waals surface area contributed by atoms with Crippen molar-refractivity contribution in [3.63, 3.8) is 0 Å². The standard InChI is InChI=1S/C7H15NOS/c1-3-6(2)4-10-5-7(8)9/h6H,3-5H2,1-2H3,(H2,8,9). The molecule has 2 nitrogen and oxygen atoms in total. The third kappa shape index (κ3) is 5.95. The van der Waals surface area contributed by atoms with E-state index in [2.05, 4.69) is 13.8 Å². The van der Waals surface area contributed by atoms with E-state index in [1.165, 1.54) is 6.42 Å². The number of carbonyl (C=O) groups is 1. The molecule has 0 aliphatic carbocycles. The van der Waals surface area contributed by atoms with Gasteiger partial charge in [0.2, 0.25) is 5.91 Å². The van der Waals surface area contributed by atoms with Crippen LogP contribution in [-0.4, -0.2) is 17.4 Å². The van der Waals surface area contributed by atoms with Crippen molar-refractivity contribution in [2.24, 2.45) is 11.7 Å². The monoisotopic (exact) mass is 161 g/mol. The Morgan fingerprint density at radius 3 is 2.70 bits per heavy atom. The van der Waals surface area contributed by atoms with E-state index < -0.39 is 0 Å².